The van der Waals surface area contributed by atoms with Gasteiger partial charge in [0.15, 0.2) is 11.6 Å². The van der Waals surface area contributed by atoms with Crippen LogP contribution in [0.3, 0.4) is 0 Å². The average molecular weight is 225 g/mol. The zero-order valence-electron chi connectivity index (χ0n) is 8.28. The van der Waals surface area contributed by atoms with Crippen molar-refractivity contribution in [2.75, 3.05) is 0 Å². The molecule has 0 spiro atoms. The second-order valence-corrected chi connectivity index (χ2v) is 3.22. The highest BCUT2D eigenvalue weighted by Crippen LogP contribution is 2.12. The van der Waals surface area contributed by atoms with Crippen LogP contribution in [-0.2, 0) is 13.0 Å². The first-order chi connectivity index (χ1) is 7.69. The molecule has 1 aromatic heterocycles. The topological polar surface area (TPSA) is 64.9 Å². The van der Waals surface area contributed by atoms with Crippen molar-refractivity contribution in [1.82, 2.24) is 10.2 Å². The molecule has 0 unspecified atom stereocenters. The van der Waals surface area contributed by atoms with Crippen LogP contribution in [-0.4, -0.2) is 10.2 Å². The van der Waals surface area contributed by atoms with Crippen LogP contribution in [0.25, 0.3) is 0 Å². The first kappa shape index (κ1) is 10.7. The smallest absolute Gasteiger partial charge is 0.230 e. The fraction of sp³-hybridized carbons (Fsp3) is 0.200. The molecule has 0 aliphatic rings. The third-order valence-electron chi connectivity index (χ3n) is 2.02. The highest BCUT2D eigenvalue weighted by atomic mass is 19.2. The summed E-state index contributed by atoms with van der Waals surface area (Å²) in [5.74, 6) is -1.13. The molecule has 0 atom stereocenters. The number of halogens is 2. The molecular formula is C10H9F2N3O. The standard InChI is InChI=1S/C10H9F2N3O/c11-7-2-1-6(3-8(7)12)4-9-14-15-10(5-13)16-9/h1-3H,4-5,13H2. The summed E-state index contributed by atoms with van der Waals surface area (Å²) in [6.45, 7) is 0.158. The molecule has 2 N–H and O–H groups in total. The Morgan fingerprint density at radius 1 is 1.12 bits per heavy atom. The predicted octanol–water partition coefficient (Wildman–Crippen LogP) is 1.40. The fourth-order valence-corrected chi connectivity index (χ4v) is 1.27. The average Bonchev–Trinajstić information content (AvgIpc) is 2.71. The van der Waals surface area contributed by atoms with Gasteiger partial charge in [-0.1, -0.05) is 6.07 Å². The van der Waals surface area contributed by atoms with Gasteiger partial charge in [-0.15, -0.1) is 10.2 Å². The van der Waals surface area contributed by atoms with E-state index in [2.05, 4.69) is 10.2 Å². The minimum absolute atomic E-state index is 0.158. The number of rotatable bonds is 3. The lowest BCUT2D eigenvalue weighted by Crippen LogP contribution is -1.95. The van der Waals surface area contributed by atoms with Gasteiger partial charge in [0, 0.05) is 0 Å². The molecule has 0 saturated carbocycles. The van der Waals surface area contributed by atoms with E-state index in [1.807, 2.05) is 0 Å². The van der Waals surface area contributed by atoms with Crippen LogP contribution in [0.4, 0.5) is 8.78 Å². The summed E-state index contributed by atoms with van der Waals surface area (Å²) in [5, 5.41) is 7.38. The molecule has 1 aromatic carbocycles. The van der Waals surface area contributed by atoms with E-state index >= 15 is 0 Å². The summed E-state index contributed by atoms with van der Waals surface area (Å²) in [6, 6.07) is 3.62. The van der Waals surface area contributed by atoms with E-state index in [0.717, 1.165) is 12.1 Å². The number of benzene rings is 1. The van der Waals surface area contributed by atoms with E-state index in [4.69, 9.17) is 10.2 Å². The van der Waals surface area contributed by atoms with Gasteiger partial charge < -0.3 is 10.2 Å². The van der Waals surface area contributed by atoms with Gasteiger partial charge >= 0.3 is 0 Å². The molecule has 6 heteroatoms. The van der Waals surface area contributed by atoms with Crippen molar-refractivity contribution in [3.8, 4) is 0 Å². The maximum absolute atomic E-state index is 12.9. The Labute approximate surface area is 90.1 Å². The van der Waals surface area contributed by atoms with Crippen molar-refractivity contribution in [2.24, 2.45) is 5.73 Å². The van der Waals surface area contributed by atoms with Crippen LogP contribution in [0.2, 0.25) is 0 Å². The molecule has 0 aliphatic carbocycles. The lowest BCUT2D eigenvalue weighted by atomic mass is 10.1. The molecule has 0 amide bonds. The zero-order valence-corrected chi connectivity index (χ0v) is 8.28. The number of hydrogen-bond donors (Lipinski definition) is 1. The summed E-state index contributed by atoms with van der Waals surface area (Å²) in [4.78, 5) is 0. The molecule has 2 aromatic rings. The predicted molar refractivity (Wildman–Crippen MR) is 51.4 cm³/mol. The minimum atomic E-state index is -0.893. The van der Waals surface area contributed by atoms with E-state index in [1.165, 1.54) is 6.07 Å². The van der Waals surface area contributed by atoms with E-state index < -0.39 is 11.6 Å². The van der Waals surface area contributed by atoms with Crippen molar-refractivity contribution < 1.29 is 13.2 Å². The normalized spacial score (nSPS) is 10.7. The van der Waals surface area contributed by atoms with Gasteiger partial charge in [0.2, 0.25) is 11.8 Å². The SMILES string of the molecule is NCc1nnc(Cc2ccc(F)c(F)c2)o1. The first-order valence-corrected chi connectivity index (χ1v) is 4.64. The van der Waals surface area contributed by atoms with Crippen LogP contribution in [0, 0.1) is 11.6 Å². The highest BCUT2D eigenvalue weighted by molar-refractivity contribution is 5.20. The molecule has 0 saturated heterocycles. The summed E-state index contributed by atoms with van der Waals surface area (Å²) in [7, 11) is 0. The molecule has 84 valence electrons. The summed E-state index contributed by atoms with van der Waals surface area (Å²) in [6.07, 6.45) is 0.254. The Morgan fingerprint density at radius 3 is 2.50 bits per heavy atom. The van der Waals surface area contributed by atoms with Crippen LogP contribution < -0.4 is 5.73 Å². The lowest BCUT2D eigenvalue weighted by molar-refractivity contribution is 0.458. The van der Waals surface area contributed by atoms with Crippen molar-refractivity contribution >= 4 is 0 Å². The molecule has 0 radical (unpaired) electrons. The van der Waals surface area contributed by atoms with Crippen LogP contribution in [0.5, 0.6) is 0 Å². The second kappa shape index (κ2) is 4.36. The molecule has 1 heterocycles. The Bertz CT molecular complexity index is 499. The lowest BCUT2D eigenvalue weighted by Gasteiger charge is -1.98. The summed E-state index contributed by atoms with van der Waals surface area (Å²) in [5.41, 5.74) is 5.86. The Hall–Kier alpha value is -1.82. The van der Waals surface area contributed by atoms with Gasteiger partial charge in [0.25, 0.3) is 0 Å². The van der Waals surface area contributed by atoms with E-state index in [0.29, 0.717) is 17.3 Å². The van der Waals surface area contributed by atoms with Crippen LogP contribution in [0.1, 0.15) is 17.3 Å². The molecule has 16 heavy (non-hydrogen) atoms. The monoisotopic (exact) mass is 225 g/mol. The largest absolute Gasteiger partial charge is 0.424 e. The van der Waals surface area contributed by atoms with Crippen LogP contribution in [0.15, 0.2) is 22.6 Å². The molecule has 2 rings (SSSR count). The maximum atomic E-state index is 12.9. The molecule has 4 nitrogen and oxygen atoms in total. The quantitative estimate of drug-likeness (QED) is 0.857. The third kappa shape index (κ3) is 2.22. The zero-order chi connectivity index (χ0) is 11.5. The Balaban J connectivity index is 2.17. The highest BCUT2D eigenvalue weighted by Gasteiger charge is 2.08. The third-order valence-corrected chi connectivity index (χ3v) is 2.02. The van der Waals surface area contributed by atoms with Gasteiger partial charge in [-0.05, 0) is 17.7 Å². The van der Waals surface area contributed by atoms with Crippen molar-refractivity contribution in [2.45, 2.75) is 13.0 Å². The molecule has 0 fully saturated rings. The van der Waals surface area contributed by atoms with Gasteiger partial charge in [0.1, 0.15) is 0 Å². The van der Waals surface area contributed by atoms with Crippen molar-refractivity contribution in [3.63, 3.8) is 0 Å². The van der Waals surface area contributed by atoms with Crippen LogP contribution >= 0.6 is 0 Å². The van der Waals surface area contributed by atoms with Gasteiger partial charge in [-0.3, -0.25) is 0 Å². The van der Waals surface area contributed by atoms with Gasteiger partial charge in [0.05, 0.1) is 13.0 Å². The number of aromatic nitrogens is 2. The van der Waals surface area contributed by atoms with Crippen molar-refractivity contribution in [1.29, 1.82) is 0 Å². The maximum Gasteiger partial charge on any atom is 0.230 e. The van der Waals surface area contributed by atoms with Gasteiger partial charge in [-0.25, -0.2) is 8.78 Å². The Morgan fingerprint density at radius 2 is 1.88 bits per heavy atom. The second-order valence-electron chi connectivity index (χ2n) is 3.22. The molecule has 0 aliphatic heterocycles. The summed E-state index contributed by atoms with van der Waals surface area (Å²) >= 11 is 0. The van der Waals surface area contributed by atoms with E-state index in [9.17, 15) is 8.78 Å². The number of hydrogen-bond acceptors (Lipinski definition) is 4. The van der Waals surface area contributed by atoms with E-state index in [-0.39, 0.29) is 13.0 Å². The number of nitrogens with two attached hydrogens (primary N) is 1. The first-order valence-electron chi connectivity index (χ1n) is 4.64. The molecular weight excluding hydrogens is 216 g/mol. The summed E-state index contributed by atoms with van der Waals surface area (Å²) < 4.78 is 30.7. The Kier molecular flexibility index (Phi) is 2.91. The minimum Gasteiger partial charge on any atom is -0.424 e. The molecule has 0 bridgehead atoms. The van der Waals surface area contributed by atoms with Gasteiger partial charge in [-0.2, -0.15) is 0 Å². The number of nitrogens with zero attached hydrogens (tertiary/aromatic N) is 2. The van der Waals surface area contributed by atoms with E-state index in [1.54, 1.807) is 0 Å². The fourth-order valence-electron chi connectivity index (χ4n) is 1.27. The van der Waals surface area contributed by atoms with Crippen molar-refractivity contribution in [3.05, 3.63) is 47.2 Å².